The van der Waals surface area contributed by atoms with Crippen molar-refractivity contribution in [1.29, 1.82) is 0 Å². The molecular weight excluding hydrogens is 314 g/mol. The number of para-hydroxylation sites is 1. The largest absolute Gasteiger partial charge is 0.335 e. The van der Waals surface area contributed by atoms with E-state index in [9.17, 15) is 4.79 Å². The first-order valence-corrected chi connectivity index (χ1v) is 8.62. The predicted molar refractivity (Wildman–Crippen MR) is 94.7 cm³/mol. The third-order valence-corrected chi connectivity index (χ3v) is 4.62. The zero-order valence-electron chi connectivity index (χ0n) is 14.2. The monoisotopic (exact) mass is 335 g/mol. The van der Waals surface area contributed by atoms with Crippen LogP contribution in [0.3, 0.4) is 0 Å². The zero-order chi connectivity index (χ0) is 17.2. The molecule has 1 fully saturated rings. The van der Waals surface area contributed by atoms with E-state index in [1.54, 1.807) is 10.7 Å². The van der Waals surface area contributed by atoms with Gasteiger partial charge >= 0.3 is 0 Å². The highest BCUT2D eigenvalue weighted by Crippen LogP contribution is 2.22. The van der Waals surface area contributed by atoms with Crippen LogP contribution in [0.4, 0.5) is 0 Å². The van der Waals surface area contributed by atoms with Crippen LogP contribution in [0, 0.1) is 6.92 Å². The smallest absolute Gasteiger partial charge is 0.274 e. The fourth-order valence-electron chi connectivity index (χ4n) is 3.31. The van der Waals surface area contributed by atoms with Crippen molar-refractivity contribution >= 4 is 5.91 Å². The van der Waals surface area contributed by atoms with Crippen molar-refractivity contribution in [2.24, 2.45) is 0 Å². The summed E-state index contributed by atoms with van der Waals surface area (Å²) in [6, 6.07) is 11.8. The number of carbonyl (C=O) groups excluding carboxylic acids is 1. The number of aryl methyl sites for hydroxylation is 1. The van der Waals surface area contributed by atoms with Crippen LogP contribution in [0.5, 0.6) is 0 Å². The lowest BCUT2D eigenvalue weighted by molar-refractivity contribution is 0.0666. The van der Waals surface area contributed by atoms with E-state index >= 15 is 0 Å². The van der Waals surface area contributed by atoms with E-state index in [4.69, 9.17) is 0 Å². The number of likely N-dealkylation sites (tertiary alicyclic amines) is 1. The average molecular weight is 335 g/mol. The summed E-state index contributed by atoms with van der Waals surface area (Å²) in [5.41, 5.74) is 2.58. The number of hydrogen-bond acceptors (Lipinski definition) is 3. The molecule has 128 valence electrons. The van der Waals surface area contributed by atoms with Gasteiger partial charge < -0.3 is 4.90 Å². The Kier molecular flexibility index (Phi) is 4.09. The molecule has 1 amide bonds. The molecule has 1 aliphatic heterocycles. The Hall–Kier alpha value is -2.89. The number of hydrogen-bond donors (Lipinski definition) is 0. The van der Waals surface area contributed by atoms with Crippen molar-refractivity contribution in [3.8, 4) is 5.69 Å². The highest BCUT2D eigenvalue weighted by molar-refractivity contribution is 5.92. The Bertz CT molecular complexity index is 867. The van der Waals surface area contributed by atoms with Crippen LogP contribution < -0.4 is 0 Å². The van der Waals surface area contributed by atoms with Crippen LogP contribution in [0.1, 0.15) is 34.9 Å². The Labute approximate surface area is 146 Å². The van der Waals surface area contributed by atoms with Gasteiger partial charge in [-0.15, -0.1) is 0 Å². The van der Waals surface area contributed by atoms with Crippen molar-refractivity contribution in [3.63, 3.8) is 0 Å². The molecule has 0 aliphatic carbocycles. The maximum atomic E-state index is 12.8. The van der Waals surface area contributed by atoms with Gasteiger partial charge in [-0.25, -0.2) is 4.68 Å². The van der Waals surface area contributed by atoms with Crippen LogP contribution in [-0.2, 0) is 0 Å². The van der Waals surface area contributed by atoms with E-state index in [1.807, 2.05) is 65.4 Å². The van der Waals surface area contributed by atoms with Crippen LogP contribution in [0.15, 0.2) is 55.0 Å². The molecule has 1 atom stereocenters. The van der Waals surface area contributed by atoms with Crippen molar-refractivity contribution in [2.75, 3.05) is 13.1 Å². The van der Waals surface area contributed by atoms with Crippen molar-refractivity contribution in [2.45, 2.75) is 25.8 Å². The first-order chi connectivity index (χ1) is 12.2. The van der Waals surface area contributed by atoms with Gasteiger partial charge in [-0.05, 0) is 43.5 Å². The predicted octanol–water partition coefficient (Wildman–Crippen LogP) is 2.85. The highest BCUT2D eigenvalue weighted by Gasteiger charge is 2.27. The molecule has 3 heterocycles. The summed E-state index contributed by atoms with van der Waals surface area (Å²) in [5.74, 6) is -0.0109. The van der Waals surface area contributed by atoms with Crippen LogP contribution in [0.2, 0.25) is 0 Å². The Balaban J connectivity index is 1.50. The fourth-order valence-corrected chi connectivity index (χ4v) is 3.31. The second-order valence-corrected chi connectivity index (χ2v) is 6.53. The maximum Gasteiger partial charge on any atom is 0.274 e. The second kappa shape index (κ2) is 6.55. The second-order valence-electron chi connectivity index (χ2n) is 6.53. The Morgan fingerprint density at radius 3 is 2.80 bits per heavy atom. The maximum absolute atomic E-state index is 12.8. The topological polar surface area (TPSA) is 56.0 Å². The molecule has 0 bridgehead atoms. The van der Waals surface area contributed by atoms with Crippen molar-refractivity contribution < 1.29 is 4.79 Å². The summed E-state index contributed by atoms with van der Waals surface area (Å²) in [5, 5.41) is 8.87. The van der Waals surface area contributed by atoms with Gasteiger partial charge in [0.25, 0.3) is 5.91 Å². The van der Waals surface area contributed by atoms with Gasteiger partial charge in [-0.1, -0.05) is 18.2 Å². The van der Waals surface area contributed by atoms with Crippen molar-refractivity contribution in [3.05, 3.63) is 66.2 Å². The van der Waals surface area contributed by atoms with Crippen molar-refractivity contribution in [1.82, 2.24) is 24.5 Å². The fraction of sp³-hybridized carbons (Fsp3) is 0.316. The average Bonchev–Trinajstić information content (AvgIpc) is 3.31. The number of amides is 1. The lowest BCUT2D eigenvalue weighted by Crippen LogP contribution is -2.41. The van der Waals surface area contributed by atoms with E-state index in [1.165, 1.54) is 0 Å². The van der Waals surface area contributed by atoms with Crippen LogP contribution in [-0.4, -0.2) is 43.5 Å². The lowest BCUT2D eigenvalue weighted by Gasteiger charge is -2.32. The first-order valence-electron chi connectivity index (χ1n) is 8.62. The molecule has 2 aromatic heterocycles. The number of piperidine rings is 1. The molecule has 3 aromatic rings. The Morgan fingerprint density at radius 2 is 2.04 bits per heavy atom. The van der Waals surface area contributed by atoms with Crippen LogP contribution >= 0.6 is 0 Å². The van der Waals surface area contributed by atoms with E-state index < -0.39 is 0 Å². The molecule has 0 spiro atoms. The van der Waals surface area contributed by atoms with Gasteiger partial charge in [0, 0.05) is 25.5 Å². The molecule has 0 unspecified atom stereocenters. The molecule has 25 heavy (non-hydrogen) atoms. The minimum Gasteiger partial charge on any atom is -0.335 e. The third-order valence-electron chi connectivity index (χ3n) is 4.62. The summed E-state index contributed by atoms with van der Waals surface area (Å²) in [6.45, 7) is 3.48. The molecular formula is C19H21N5O. The minimum absolute atomic E-state index is 0.0109. The van der Waals surface area contributed by atoms with E-state index in [0.29, 0.717) is 12.2 Å². The molecule has 1 saturated heterocycles. The summed E-state index contributed by atoms with van der Waals surface area (Å²) < 4.78 is 3.73. The summed E-state index contributed by atoms with van der Waals surface area (Å²) >= 11 is 0. The highest BCUT2D eigenvalue weighted by atomic mass is 16.2. The van der Waals surface area contributed by atoms with Crippen LogP contribution in [0.25, 0.3) is 5.69 Å². The Morgan fingerprint density at radius 1 is 1.20 bits per heavy atom. The van der Waals surface area contributed by atoms with E-state index in [2.05, 4.69) is 10.2 Å². The van der Waals surface area contributed by atoms with Gasteiger partial charge in [-0.2, -0.15) is 10.2 Å². The molecule has 1 aliphatic rings. The summed E-state index contributed by atoms with van der Waals surface area (Å²) in [4.78, 5) is 14.7. The molecule has 4 rings (SSSR count). The molecule has 0 radical (unpaired) electrons. The third kappa shape index (κ3) is 3.20. The quantitative estimate of drug-likeness (QED) is 0.739. The summed E-state index contributed by atoms with van der Waals surface area (Å²) in [7, 11) is 0. The van der Waals surface area contributed by atoms with Gasteiger partial charge in [0.15, 0.2) is 5.69 Å². The summed E-state index contributed by atoms with van der Waals surface area (Å²) in [6.07, 6.45) is 7.77. The van der Waals surface area contributed by atoms with Gasteiger partial charge in [0.05, 0.1) is 17.9 Å². The normalized spacial score (nSPS) is 17.6. The first kappa shape index (κ1) is 15.6. The molecule has 1 aromatic carbocycles. The van der Waals surface area contributed by atoms with Gasteiger partial charge in [0.2, 0.25) is 0 Å². The number of aromatic nitrogens is 4. The van der Waals surface area contributed by atoms with E-state index in [-0.39, 0.29) is 11.9 Å². The number of rotatable bonds is 3. The van der Waals surface area contributed by atoms with E-state index in [0.717, 1.165) is 30.6 Å². The lowest BCUT2D eigenvalue weighted by atomic mass is 10.1. The molecule has 6 heteroatoms. The molecule has 0 saturated carbocycles. The van der Waals surface area contributed by atoms with Gasteiger partial charge in [0.1, 0.15) is 0 Å². The number of nitrogens with zero attached hydrogens (tertiary/aromatic N) is 5. The molecule has 6 nitrogen and oxygen atoms in total. The SMILES string of the molecule is Cc1cnn([C@H]2CCCN(C(=O)c3ccn(-c4ccccc4)n3)C2)c1. The minimum atomic E-state index is -0.0109. The standard InChI is InChI=1S/C19H21N5O/c1-15-12-20-24(13-15)17-8-5-10-22(14-17)19(25)18-9-11-23(21-18)16-6-3-2-4-7-16/h2-4,6-7,9,11-13,17H,5,8,10,14H2,1H3/t17-/m0/s1. The zero-order valence-corrected chi connectivity index (χ0v) is 14.2. The molecule has 0 N–H and O–H groups in total. The number of benzene rings is 1. The van der Waals surface area contributed by atoms with Gasteiger partial charge in [-0.3, -0.25) is 9.48 Å². The number of carbonyl (C=O) groups is 1.